The normalized spacial score (nSPS) is 10.8. The van der Waals surface area contributed by atoms with E-state index in [2.05, 4.69) is 0 Å². The fourth-order valence-electron chi connectivity index (χ4n) is 2.36. The summed E-state index contributed by atoms with van der Waals surface area (Å²) in [5, 5.41) is 2.62. The number of hydrogen-bond acceptors (Lipinski definition) is 3. The maximum absolute atomic E-state index is 13.8. The second kappa shape index (κ2) is 9.83. The summed E-state index contributed by atoms with van der Waals surface area (Å²) in [4.78, 5) is 0. The van der Waals surface area contributed by atoms with Gasteiger partial charge in [-0.05, 0) is 0 Å². The molecular weight excluding hydrogens is 415 g/mol. The summed E-state index contributed by atoms with van der Waals surface area (Å²) in [7, 11) is -7.44. The van der Waals surface area contributed by atoms with Crippen LogP contribution in [0.15, 0.2) is 91.0 Å². The van der Waals surface area contributed by atoms with Crippen molar-refractivity contribution >= 4 is 33.5 Å². The Balaban J connectivity index is 0.000000501. The quantitative estimate of drug-likeness (QED) is 0.377. The van der Waals surface area contributed by atoms with E-state index in [1.165, 1.54) is 0 Å². The Hall–Kier alpha value is -1.72. The average Bonchev–Trinajstić information content (AvgIpc) is 2.62. The zero-order chi connectivity index (χ0) is 18.3. The Morgan fingerprint density at radius 1 is 0.577 bits per heavy atom. The van der Waals surface area contributed by atoms with Crippen LogP contribution in [0.3, 0.4) is 0 Å². The SMILES string of the molecule is O=P(c1ccccc1)(c1ccccc1)c1ccccc1.O=S(=O)(O)O.[Fe]. The topological polar surface area (TPSA) is 91.7 Å². The Morgan fingerprint density at radius 3 is 0.962 bits per heavy atom. The van der Waals surface area contributed by atoms with Gasteiger partial charge in [0.25, 0.3) is 0 Å². The third-order valence-electron chi connectivity index (χ3n) is 3.36. The molecule has 0 heterocycles. The van der Waals surface area contributed by atoms with Gasteiger partial charge in [0.1, 0.15) is 0 Å². The molecule has 0 aliphatic heterocycles. The van der Waals surface area contributed by atoms with Gasteiger partial charge in [0.15, 0.2) is 7.14 Å². The van der Waals surface area contributed by atoms with Crippen LogP contribution in [0.5, 0.6) is 0 Å². The van der Waals surface area contributed by atoms with E-state index in [0.29, 0.717) is 0 Å². The first-order valence-corrected chi connectivity index (χ1v) is 10.4. The van der Waals surface area contributed by atoms with Crippen molar-refractivity contribution in [1.29, 1.82) is 0 Å². The smallest absolute Gasteiger partial charge is 0.309 e. The summed E-state index contributed by atoms with van der Waals surface area (Å²) < 4.78 is 45.4. The van der Waals surface area contributed by atoms with E-state index in [9.17, 15) is 4.57 Å². The molecule has 0 atom stereocenters. The van der Waals surface area contributed by atoms with E-state index < -0.39 is 17.5 Å². The Morgan fingerprint density at radius 2 is 0.769 bits per heavy atom. The Bertz CT molecular complexity index is 837. The van der Waals surface area contributed by atoms with Gasteiger partial charge in [0.05, 0.1) is 0 Å². The molecule has 8 heteroatoms. The van der Waals surface area contributed by atoms with Gasteiger partial charge in [-0.1, -0.05) is 91.0 Å². The first kappa shape index (κ1) is 22.3. The summed E-state index contributed by atoms with van der Waals surface area (Å²) in [6.45, 7) is 0. The van der Waals surface area contributed by atoms with Crippen LogP contribution in [0.25, 0.3) is 0 Å². The van der Waals surface area contributed by atoms with Crippen molar-refractivity contribution in [3.63, 3.8) is 0 Å². The second-order valence-corrected chi connectivity index (χ2v) is 8.73. The number of benzene rings is 3. The molecule has 26 heavy (non-hydrogen) atoms. The average molecular weight is 432 g/mol. The molecule has 0 saturated carbocycles. The largest absolute Gasteiger partial charge is 0.394 e. The van der Waals surface area contributed by atoms with Crippen LogP contribution in [0.1, 0.15) is 0 Å². The van der Waals surface area contributed by atoms with E-state index in [4.69, 9.17) is 17.5 Å². The summed E-state index contributed by atoms with van der Waals surface area (Å²) in [5.74, 6) is 0. The summed E-state index contributed by atoms with van der Waals surface area (Å²) >= 11 is 0. The van der Waals surface area contributed by atoms with Crippen molar-refractivity contribution in [2.75, 3.05) is 0 Å². The molecule has 0 fully saturated rings. The summed E-state index contributed by atoms with van der Waals surface area (Å²) in [5.41, 5.74) is 0. The second-order valence-electron chi connectivity index (χ2n) is 5.06. The van der Waals surface area contributed by atoms with Crippen molar-refractivity contribution in [3.05, 3.63) is 91.0 Å². The van der Waals surface area contributed by atoms with Gasteiger partial charge in [0.2, 0.25) is 0 Å². The fraction of sp³-hybridized carbons (Fsp3) is 0. The molecule has 0 unspecified atom stereocenters. The fourth-order valence-corrected chi connectivity index (χ4v) is 5.03. The van der Waals surface area contributed by atoms with Crippen molar-refractivity contribution in [1.82, 2.24) is 0 Å². The molecule has 5 nitrogen and oxygen atoms in total. The molecule has 3 aromatic rings. The van der Waals surface area contributed by atoms with Crippen molar-refractivity contribution < 1.29 is 39.2 Å². The van der Waals surface area contributed by atoms with Gasteiger partial charge in [-0.3, -0.25) is 9.11 Å². The van der Waals surface area contributed by atoms with Gasteiger partial charge in [-0.15, -0.1) is 0 Å². The van der Waals surface area contributed by atoms with Gasteiger partial charge >= 0.3 is 10.4 Å². The van der Waals surface area contributed by atoms with Crippen LogP contribution in [0.4, 0.5) is 0 Å². The van der Waals surface area contributed by atoms with Crippen molar-refractivity contribution in [2.45, 2.75) is 0 Å². The maximum atomic E-state index is 13.8. The van der Waals surface area contributed by atoms with Gasteiger partial charge in [-0.25, -0.2) is 0 Å². The van der Waals surface area contributed by atoms with E-state index in [-0.39, 0.29) is 17.1 Å². The molecule has 0 bridgehead atoms. The van der Waals surface area contributed by atoms with E-state index in [0.717, 1.165) is 15.9 Å². The molecule has 0 amide bonds. The molecule has 3 aromatic carbocycles. The zero-order valence-corrected chi connectivity index (χ0v) is 16.3. The van der Waals surface area contributed by atoms with E-state index in [1.54, 1.807) is 0 Å². The van der Waals surface area contributed by atoms with Gasteiger partial charge in [0, 0.05) is 33.0 Å². The molecule has 0 aliphatic carbocycles. The minimum absolute atomic E-state index is 0. The monoisotopic (exact) mass is 432 g/mol. The van der Waals surface area contributed by atoms with Crippen LogP contribution in [-0.2, 0) is 32.0 Å². The minimum Gasteiger partial charge on any atom is -0.309 e. The zero-order valence-electron chi connectivity index (χ0n) is 13.5. The first-order chi connectivity index (χ1) is 11.8. The van der Waals surface area contributed by atoms with Crippen LogP contribution in [0, 0.1) is 0 Å². The molecule has 0 aliphatic rings. The van der Waals surface area contributed by atoms with E-state index in [1.807, 2.05) is 91.0 Å². The van der Waals surface area contributed by atoms with Crippen LogP contribution in [-0.4, -0.2) is 17.5 Å². The third kappa shape index (κ3) is 6.22. The molecule has 0 radical (unpaired) electrons. The molecule has 2 N–H and O–H groups in total. The molecule has 3 rings (SSSR count). The molecule has 138 valence electrons. The van der Waals surface area contributed by atoms with Crippen LogP contribution >= 0.6 is 7.14 Å². The molecule has 0 saturated heterocycles. The molecule has 0 aromatic heterocycles. The summed E-state index contributed by atoms with van der Waals surface area (Å²) in [6, 6.07) is 29.1. The number of rotatable bonds is 3. The van der Waals surface area contributed by atoms with Crippen molar-refractivity contribution in [2.24, 2.45) is 0 Å². The van der Waals surface area contributed by atoms with Crippen LogP contribution < -0.4 is 15.9 Å². The van der Waals surface area contributed by atoms with E-state index >= 15 is 0 Å². The molecule has 0 spiro atoms. The van der Waals surface area contributed by atoms with Gasteiger partial charge in [-0.2, -0.15) is 8.42 Å². The van der Waals surface area contributed by atoms with Gasteiger partial charge < -0.3 is 4.57 Å². The van der Waals surface area contributed by atoms with Crippen molar-refractivity contribution in [3.8, 4) is 0 Å². The maximum Gasteiger partial charge on any atom is 0.394 e. The predicted molar refractivity (Wildman–Crippen MR) is 100 cm³/mol. The summed E-state index contributed by atoms with van der Waals surface area (Å²) in [6.07, 6.45) is 0. The number of hydrogen-bond donors (Lipinski definition) is 2. The Labute approximate surface area is 163 Å². The predicted octanol–water partition coefficient (Wildman–Crippen LogP) is 2.67. The standard InChI is InChI=1S/C18H15OP.Fe.H2O4S/c19-20(16-10-4-1-5-11-16,17-12-6-2-7-13-17)18-14-8-3-9-15-18;;1-5(2,3)4/h1-15H;;(H2,1,2,3,4). The molecular formula is C18H17FeO5PS. The third-order valence-corrected chi connectivity index (χ3v) is 6.44. The minimum atomic E-state index is -4.67. The van der Waals surface area contributed by atoms with Crippen LogP contribution in [0.2, 0.25) is 0 Å². The first-order valence-electron chi connectivity index (χ1n) is 7.28. The Kier molecular flexibility index (Phi) is 8.44.